The van der Waals surface area contributed by atoms with Crippen molar-refractivity contribution in [2.45, 2.75) is 0 Å². The van der Waals surface area contributed by atoms with Gasteiger partial charge < -0.3 is 9.47 Å². The first-order valence-corrected chi connectivity index (χ1v) is 20.3. The Hall–Kier alpha value is -7.20. The summed E-state index contributed by atoms with van der Waals surface area (Å²) in [4.78, 5) is 2.52. The number of hydrogen-bond acceptors (Lipinski definition) is 2. The molecule has 0 aliphatic rings. The summed E-state index contributed by atoms with van der Waals surface area (Å²) < 4.78 is 5.00. The fourth-order valence-electron chi connectivity index (χ4n) is 8.69. The van der Waals surface area contributed by atoms with Crippen LogP contribution in [0.5, 0.6) is 0 Å². The highest BCUT2D eigenvalue weighted by Gasteiger charge is 2.25. The van der Waals surface area contributed by atoms with Crippen molar-refractivity contribution in [2.24, 2.45) is 0 Å². The van der Waals surface area contributed by atoms with E-state index in [4.69, 9.17) is 0 Å². The summed E-state index contributed by atoms with van der Waals surface area (Å²) in [6, 6.07) is 79.3. The topological polar surface area (TPSA) is 8.17 Å². The monoisotopic (exact) mass is 744 g/mol. The minimum absolute atomic E-state index is 1.13. The molecule has 9 aromatic carbocycles. The van der Waals surface area contributed by atoms with Crippen molar-refractivity contribution in [3.63, 3.8) is 0 Å². The summed E-state index contributed by atoms with van der Waals surface area (Å²) >= 11 is 1.87. The third kappa shape index (κ3) is 5.55. The molecule has 0 saturated carbocycles. The van der Waals surface area contributed by atoms with Gasteiger partial charge in [0.25, 0.3) is 0 Å². The third-order valence-corrected chi connectivity index (χ3v) is 12.4. The number of nitrogens with zero attached hydrogens (tertiary/aromatic N) is 2. The van der Waals surface area contributed by atoms with Gasteiger partial charge in [-0.15, -0.1) is 11.3 Å². The van der Waals surface area contributed by atoms with E-state index in [-0.39, 0.29) is 0 Å². The van der Waals surface area contributed by atoms with E-state index in [1.807, 2.05) is 11.3 Å². The molecule has 0 aliphatic carbocycles. The van der Waals surface area contributed by atoms with Crippen LogP contribution in [-0.2, 0) is 0 Å². The first-order valence-electron chi connectivity index (χ1n) is 19.4. The molecule has 268 valence electrons. The standard InChI is InChI=1S/C54H36N2S/c1-3-17-37(18-4-1)41-21-7-8-22-42(41)39-33-35-40(36-34-39)55-48-28-13-10-25-46(48)53-49(55)29-16-30-50(53)56(47-27-12-9-23-43(47)38-19-5-2-6-20-38)51-31-15-26-45-44-24-11-14-32-52(44)57-54(45)51/h1-36H. The molecule has 2 aromatic heterocycles. The molecule has 0 aliphatic heterocycles. The molecule has 0 amide bonds. The number of hydrogen-bond donors (Lipinski definition) is 0. The minimum Gasteiger partial charge on any atom is -0.309 e. The van der Waals surface area contributed by atoms with E-state index in [9.17, 15) is 0 Å². The van der Waals surface area contributed by atoms with Gasteiger partial charge in [0.1, 0.15) is 0 Å². The Bertz CT molecular complexity index is 3230. The van der Waals surface area contributed by atoms with Gasteiger partial charge in [-0.25, -0.2) is 0 Å². The largest absolute Gasteiger partial charge is 0.309 e. The molecule has 0 saturated heterocycles. The van der Waals surface area contributed by atoms with Gasteiger partial charge in [0.2, 0.25) is 0 Å². The summed E-state index contributed by atoms with van der Waals surface area (Å²) in [7, 11) is 0. The maximum Gasteiger partial charge on any atom is 0.0640 e. The summed E-state index contributed by atoms with van der Waals surface area (Å²) in [6.07, 6.45) is 0. The molecular weight excluding hydrogens is 709 g/mol. The SMILES string of the molecule is c1ccc(-c2ccccc2-c2ccc(-n3c4ccccc4c4c(N(c5ccccc5-c5ccccc5)c5cccc6c5sc5ccccc56)cccc43)cc2)cc1. The van der Waals surface area contributed by atoms with E-state index in [0.717, 1.165) is 22.6 Å². The van der Waals surface area contributed by atoms with Crippen molar-refractivity contribution < 1.29 is 0 Å². The van der Waals surface area contributed by atoms with Crippen LogP contribution in [0.2, 0.25) is 0 Å². The molecule has 2 heterocycles. The van der Waals surface area contributed by atoms with Crippen LogP contribution >= 0.6 is 11.3 Å². The van der Waals surface area contributed by atoms with Gasteiger partial charge >= 0.3 is 0 Å². The Balaban J connectivity index is 1.15. The van der Waals surface area contributed by atoms with Crippen LogP contribution in [0, 0.1) is 0 Å². The number of rotatable bonds is 7. The minimum atomic E-state index is 1.13. The van der Waals surface area contributed by atoms with Gasteiger partial charge in [-0.2, -0.15) is 0 Å². The van der Waals surface area contributed by atoms with E-state index in [1.165, 1.54) is 75.5 Å². The van der Waals surface area contributed by atoms with Crippen LogP contribution in [-0.4, -0.2) is 4.57 Å². The molecule has 0 radical (unpaired) electrons. The van der Waals surface area contributed by atoms with Crippen LogP contribution < -0.4 is 4.90 Å². The van der Waals surface area contributed by atoms with Gasteiger partial charge in [0.15, 0.2) is 0 Å². The van der Waals surface area contributed by atoms with E-state index in [2.05, 4.69) is 228 Å². The molecule has 11 aromatic rings. The Kier molecular flexibility index (Phi) is 8.04. The molecule has 0 fully saturated rings. The van der Waals surface area contributed by atoms with Crippen molar-refractivity contribution in [1.29, 1.82) is 0 Å². The molecule has 11 rings (SSSR count). The molecule has 57 heavy (non-hydrogen) atoms. The van der Waals surface area contributed by atoms with Crippen molar-refractivity contribution in [3.05, 3.63) is 218 Å². The molecule has 3 heteroatoms. The Morgan fingerprint density at radius 3 is 1.60 bits per heavy atom. The molecule has 0 spiro atoms. The van der Waals surface area contributed by atoms with Crippen LogP contribution in [0.15, 0.2) is 218 Å². The fourth-order valence-corrected chi connectivity index (χ4v) is 9.89. The smallest absolute Gasteiger partial charge is 0.0640 e. The second kappa shape index (κ2) is 13.8. The molecule has 2 nitrogen and oxygen atoms in total. The van der Waals surface area contributed by atoms with Crippen molar-refractivity contribution >= 4 is 70.4 Å². The molecular formula is C54H36N2S. The number of aromatic nitrogens is 1. The highest BCUT2D eigenvalue weighted by Crippen LogP contribution is 2.50. The number of anilines is 3. The average Bonchev–Trinajstić information content (AvgIpc) is 3.84. The third-order valence-electron chi connectivity index (χ3n) is 11.2. The molecule has 0 unspecified atom stereocenters. The normalized spacial score (nSPS) is 11.5. The fraction of sp³-hybridized carbons (Fsp3) is 0. The maximum absolute atomic E-state index is 2.52. The lowest BCUT2D eigenvalue weighted by Crippen LogP contribution is -2.12. The zero-order valence-corrected chi connectivity index (χ0v) is 31.9. The van der Waals surface area contributed by atoms with Crippen molar-refractivity contribution in [1.82, 2.24) is 4.57 Å². The highest BCUT2D eigenvalue weighted by atomic mass is 32.1. The van der Waals surface area contributed by atoms with Gasteiger partial charge in [-0.1, -0.05) is 170 Å². The summed E-state index contributed by atoms with van der Waals surface area (Å²) in [5.74, 6) is 0. The van der Waals surface area contributed by atoms with E-state index in [1.54, 1.807) is 0 Å². The Morgan fingerprint density at radius 2 is 0.842 bits per heavy atom. The number of fused-ring (bicyclic) bond motifs is 6. The van der Waals surface area contributed by atoms with Crippen molar-refractivity contribution in [2.75, 3.05) is 4.90 Å². The lowest BCUT2D eigenvalue weighted by Gasteiger charge is -2.29. The van der Waals surface area contributed by atoms with Crippen LogP contribution in [0.25, 0.3) is 81.0 Å². The predicted molar refractivity (Wildman–Crippen MR) is 245 cm³/mol. The van der Waals surface area contributed by atoms with Crippen molar-refractivity contribution in [3.8, 4) is 39.1 Å². The van der Waals surface area contributed by atoms with Crippen LogP contribution in [0.3, 0.4) is 0 Å². The average molecular weight is 745 g/mol. The van der Waals surface area contributed by atoms with Crippen LogP contribution in [0.1, 0.15) is 0 Å². The molecule has 0 atom stereocenters. The highest BCUT2D eigenvalue weighted by molar-refractivity contribution is 7.26. The quantitative estimate of drug-likeness (QED) is 0.158. The second-order valence-electron chi connectivity index (χ2n) is 14.5. The number of benzene rings is 9. The molecule has 0 bridgehead atoms. The zero-order valence-electron chi connectivity index (χ0n) is 31.1. The van der Waals surface area contributed by atoms with Gasteiger partial charge in [0, 0.05) is 37.5 Å². The van der Waals surface area contributed by atoms with Gasteiger partial charge in [-0.05, 0) is 76.3 Å². The van der Waals surface area contributed by atoms with E-state index < -0.39 is 0 Å². The van der Waals surface area contributed by atoms with E-state index in [0.29, 0.717) is 0 Å². The number of para-hydroxylation sites is 2. The first-order chi connectivity index (χ1) is 28.3. The van der Waals surface area contributed by atoms with Crippen LogP contribution in [0.4, 0.5) is 17.1 Å². The van der Waals surface area contributed by atoms with Gasteiger partial charge in [0.05, 0.1) is 32.8 Å². The lowest BCUT2D eigenvalue weighted by molar-refractivity contribution is 1.18. The Morgan fingerprint density at radius 1 is 0.333 bits per heavy atom. The first kappa shape index (κ1) is 33.2. The van der Waals surface area contributed by atoms with Gasteiger partial charge in [-0.3, -0.25) is 0 Å². The Labute approximate surface area is 335 Å². The number of thiophene rings is 1. The summed E-state index contributed by atoms with van der Waals surface area (Å²) in [5.41, 5.74) is 14.2. The maximum atomic E-state index is 2.52. The predicted octanol–water partition coefficient (Wildman–Crippen LogP) is 15.6. The lowest BCUT2D eigenvalue weighted by atomic mass is 9.94. The second-order valence-corrected chi connectivity index (χ2v) is 15.5. The summed E-state index contributed by atoms with van der Waals surface area (Å²) in [6.45, 7) is 0. The molecule has 0 N–H and O–H groups in total. The summed E-state index contributed by atoms with van der Waals surface area (Å²) in [5, 5.41) is 5.00. The van der Waals surface area contributed by atoms with E-state index >= 15 is 0 Å². The zero-order chi connectivity index (χ0) is 37.7.